The summed E-state index contributed by atoms with van der Waals surface area (Å²) in [5, 5.41) is 9.02. The number of hydrogen-bond donors (Lipinski definition) is 1. The number of pyridine rings is 1. The third kappa shape index (κ3) is 5.83. The van der Waals surface area contributed by atoms with Gasteiger partial charge in [0.1, 0.15) is 33.8 Å². The average Bonchev–Trinajstić information content (AvgIpc) is 3.44. The van der Waals surface area contributed by atoms with Gasteiger partial charge in [-0.25, -0.2) is 23.5 Å². The summed E-state index contributed by atoms with van der Waals surface area (Å²) in [6, 6.07) is 4.26. The Hall–Kier alpha value is -3.12. The zero-order valence-electron chi connectivity index (χ0n) is 21.5. The molecule has 210 valence electrons. The summed E-state index contributed by atoms with van der Waals surface area (Å²) < 4.78 is 41.9. The highest BCUT2D eigenvalue weighted by molar-refractivity contribution is 7.20. The van der Waals surface area contributed by atoms with Crippen LogP contribution in [0.1, 0.15) is 40.5 Å². The number of aromatic carboxylic acids is 1. The predicted octanol–water partition coefficient (Wildman–Crippen LogP) is 5.58. The Morgan fingerprint density at radius 3 is 2.80 bits per heavy atom. The Kier molecular flexibility index (Phi) is 7.71. The second kappa shape index (κ2) is 11.4. The summed E-state index contributed by atoms with van der Waals surface area (Å²) >= 11 is 7.12. The number of nitrogens with zero attached hydrogens (tertiary/aromatic N) is 4. The number of halogens is 3. The number of aromatic nitrogens is 3. The zero-order chi connectivity index (χ0) is 27.8. The van der Waals surface area contributed by atoms with E-state index in [4.69, 9.17) is 26.1 Å². The van der Waals surface area contributed by atoms with Gasteiger partial charge in [-0.05, 0) is 37.0 Å². The van der Waals surface area contributed by atoms with Crippen LogP contribution in [0.5, 0.6) is 5.88 Å². The van der Waals surface area contributed by atoms with E-state index in [-0.39, 0.29) is 28.8 Å². The molecule has 40 heavy (non-hydrogen) atoms. The van der Waals surface area contributed by atoms with E-state index in [1.165, 1.54) is 29.5 Å². The van der Waals surface area contributed by atoms with Gasteiger partial charge in [0.2, 0.25) is 5.88 Å². The highest BCUT2D eigenvalue weighted by Gasteiger charge is 2.25. The molecule has 0 radical (unpaired) electrons. The van der Waals surface area contributed by atoms with Gasteiger partial charge >= 0.3 is 5.97 Å². The van der Waals surface area contributed by atoms with E-state index >= 15 is 0 Å². The summed E-state index contributed by atoms with van der Waals surface area (Å²) in [5.74, 6) is -0.895. The fraction of sp³-hybridized carbons (Fsp3) is 0.393. The number of thiophene rings is 1. The predicted molar refractivity (Wildman–Crippen MR) is 148 cm³/mol. The molecule has 5 heterocycles. The average molecular weight is 589 g/mol. The molecule has 2 aliphatic heterocycles. The highest BCUT2D eigenvalue weighted by Crippen LogP contribution is 2.30. The van der Waals surface area contributed by atoms with Crippen LogP contribution < -0.4 is 4.74 Å². The highest BCUT2D eigenvalue weighted by atomic mass is 35.5. The second-order valence-electron chi connectivity index (χ2n) is 10.0. The van der Waals surface area contributed by atoms with E-state index in [9.17, 15) is 18.7 Å². The lowest BCUT2D eigenvalue weighted by atomic mass is 10.0. The molecule has 3 aromatic heterocycles. The number of carboxylic acid groups (broad SMARTS) is 1. The summed E-state index contributed by atoms with van der Waals surface area (Å²) in [4.78, 5) is 23.9. The van der Waals surface area contributed by atoms with Gasteiger partial charge in [0.05, 0.1) is 35.8 Å². The summed E-state index contributed by atoms with van der Waals surface area (Å²) in [6.07, 6.45) is 7.28. The number of alkyl halides is 1. The molecule has 6 rings (SSSR count). The van der Waals surface area contributed by atoms with Gasteiger partial charge in [-0.3, -0.25) is 4.90 Å². The van der Waals surface area contributed by atoms with Crippen molar-refractivity contribution in [1.29, 1.82) is 0 Å². The van der Waals surface area contributed by atoms with Crippen molar-refractivity contribution in [3.63, 3.8) is 0 Å². The molecule has 1 fully saturated rings. The van der Waals surface area contributed by atoms with Crippen molar-refractivity contribution in [3.8, 4) is 5.88 Å². The van der Waals surface area contributed by atoms with E-state index in [2.05, 4.69) is 14.5 Å². The van der Waals surface area contributed by atoms with E-state index in [0.29, 0.717) is 55.1 Å². The maximum absolute atomic E-state index is 14.4. The Labute approximate surface area is 238 Å². The zero-order valence-corrected chi connectivity index (χ0v) is 23.1. The number of ether oxygens (including phenoxy) is 2. The molecule has 0 aromatic carbocycles. The van der Waals surface area contributed by atoms with Gasteiger partial charge in [0.25, 0.3) is 0 Å². The van der Waals surface area contributed by atoms with Crippen LogP contribution in [-0.4, -0.2) is 68.3 Å². The molecule has 1 N–H and O–H groups in total. The molecule has 3 aliphatic rings. The SMILES string of the molecule is O=C(O)c1cc2c(nc(CN3CC=C(c4cc(F)cc(OCC5=CCC(Cl)C=C5F)n4)CC3)n2CC2CCO2)s1. The van der Waals surface area contributed by atoms with Crippen LogP contribution in [0.2, 0.25) is 0 Å². The van der Waals surface area contributed by atoms with Crippen molar-refractivity contribution in [2.75, 3.05) is 26.3 Å². The standard InChI is InChI=1S/C28H27ClF2N4O4S/c29-18-2-1-17(21(31)9-18)15-39-26-11-19(30)10-22(32-26)16-3-6-34(7-4-16)14-25-33-27-23(12-24(40-27)28(36)37)35(25)13-20-5-8-38-20/h1,3,9-12,18,20H,2,4-8,13-15H2,(H,36,37). The van der Waals surface area contributed by atoms with Gasteiger partial charge in [0.15, 0.2) is 0 Å². The first-order valence-corrected chi connectivity index (χ1v) is 14.3. The van der Waals surface area contributed by atoms with E-state index in [1.54, 1.807) is 12.1 Å². The third-order valence-electron chi connectivity index (χ3n) is 7.27. The van der Waals surface area contributed by atoms with Crippen molar-refractivity contribution in [3.05, 3.63) is 70.0 Å². The first kappa shape index (κ1) is 27.1. The minimum atomic E-state index is -0.955. The second-order valence-corrected chi connectivity index (χ2v) is 11.6. The molecule has 0 bridgehead atoms. The molecule has 0 amide bonds. The quantitative estimate of drug-likeness (QED) is 0.327. The van der Waals surface area contributed by atoms with Crippen molar-refractivity contribution in [2.45, 2.75) is 43.8 Å². The molecule has 8 nitrogen and oxygen atoms in total. The van der Waals surface area contributed by atoms with E-state index in [0.717, 1.165) is 29.9 Å². The molecule has 1 saturated heterocycles. The number of rotatable bonds is 9. The van der Waals surface area contributed by atoms with Crippen LogP contribution in [0.25, 0.3) is 15.9 Å². The molecule has 3 aromatic rings. The first-order valence-electron chi connectivity index (χ1n) is 13.1. The molecule has 12 heteroatoms. The van der Waals surface area contributed by atoms with Gasteiger partial charge in [-0.1, -0.05) is 12.2 Å². The lowest BCUT2D eigenvalue weighted by Gasteiger charge is -2.29. The van der Waals surface area contributed by atoms with Crippen LogP contribution in [0.3, 0.4) is 0 Å². The first-order chi connectivity index (χ1) is 19.3. The van der Waals surface area contributed by atoms with Gasteiger partial charge in [-0.2, -0.15) is 0 Å². The molecule has 2 unspecified atom stereocenters. The third-order valence-corrected chi connectivity index (χ3v) is 8.58. The minimum Gasteiger partial charge on any atom is -0.477 e. The maximum Gasteiger partial charge on any atom is 0.346 e. The lowest BCUT2D eigenvalue weighted by molar-refractivity contribution is -0.0591. The molecular formula is C28H27ClF2N4O4S. The molecule has 0 saturated carbocycles. The number of carboxylic acids is 1. The molecule has 2 atom stereocenters. The number of allylic oxidation sites excluding steroid dienone is 2. The van der Waals surface area contributed by atoms with Crippen LogP contribution >= 0.6 is 22.9 Å². The Morgan fingerprint density at radius 2 is 2.10 bits per heavy atom. The van der Waals surface area contributed by atoms with Crippen molar-refractivity contribution in [2.24, 2.45) is 0 Å². The van der Waals surface area contributed by atoms with Crippen LogP contribution in [0, 0.1) is 5.82 Å². The molecule has 0 spiro atoms. The summed E-state index contributed by atoms with van der Waals surface area (Å²) in [5.41, 5.74) is 2.60. The van der Waals surface area contributed by atoms with Crippen molar-refractivity contribution >= 4 is 44.8 Å². The number of fused-ring (bicyclic) bond motifs is 1. The topological polar surface area (TPSA) is 89.7 Å². The summed E-state index contributed by atoms with van der Waals surface area (Å²) in [6.45, 7) is 3.23. The number of carbonyl (C=O) groups is 1. The minimum absolute atomic E-state index is 0.0569. The number of hydrogen-bond acceptors (Lipinski definition) is 7. The number of imidazole rings is 1. The van der Waals surface area contributed by atoms with E-state index in [1.807, 2.05) is 6.08 Å². The largest absolute Gasteiger partial charge is 0.477 e. The maximum atomic E-state index is 14.4. The fourth-order valence-corrected chi connectivity index (χ4v) is 6.08. The Morgan fingerprint density at radius 1 is 1.25 bits per heavy atom. The Balaban J connectivity index is 1.14. The normalized spacial score (nSPS) is 21.5. The van der Waals surface area contributed by atoms with Crippen LogP contribution in [0.15, 0.2) is 47.8 Å². The fourth-order valence-electron chi connectivity index (χ4n) is 4.99. The Bertz CT molecular complexity index is 1540. The molecular weight excluding hydrogens is 562 g/mol. The lowest BCUT2D eigenvalue weighted by Crippen LogP contribution is -2.33. The monoisotopic (exact) mass is 588 g/mol. The van der Waals surface area contributed by atoms with Gasteiger partial charge in [-0.15, -0.1) is 22.9 Å². The van der Waals surface area contributed by atoms with E-state index < -0.39 is 17.6 Å². The van der Waals surface area contributed by atoms with Crippen LogP contribution in [-0.2, 0) is 17.8 Å². The van der Waals surface area contributed by atoms with Crippen molar-refractivity contribution < 1.29 is 28.2 Å². The van der Waals surface area contributed by atoms with Crippen LogP contribution in [0.4, 0.5) is 8.78 Å². The summed E-state index contributed by atoms with van der Waals surface area (Å²) in [7, 11) is 0. The molecule has 1 aliphatic carbocycles. The smallest absolute Gasteiger partial charge is 0.346 e. The van der Waals surface area contributed by atoms with Gasteiger partial charge < -0.3 is 19.1 Å². The van der Waals surface area contributed by atoms with Gasteiger partial charge in [0, 0.05) is 37.4 Å². The van der Waals surface area contributed by atoms with Crippen molar-refractivity contribution in [1.82, 2.24) is 19.4 Å².